The second-order valence-electron chi connectivity index (χ2n) is 2.22. The van der Waals surface area contributed by atoms with Crippen LogP contribution in [0.2, 0.25) is 0 Å². The third kappa shape index (κ3) is 2.01. The summed E-state index contributed by atoms with van der Waals surface area (Å²) in [5, 5.41) is 9.10. The number of hydrogen-bond donors (Lipinski definition) is 1. The van der Waals surface area contributed by atoms with E-state index in [1.54, 1.807) is 6.07 Å². The Labute approximate surface area is 83.4 Å². The molecule has 1 rings (SSSR count). The molecule has 1 nitrogen and oxygen atoms in total. The van der Waals surface area contributed by atoms with Gasteiger partial charge in [-0.2, -0.15) is 0 Å². The largest absolute Gasteiger partial charge is 0.508 e. The summed E-state index contributed by atoms with van der Waals surface area (Å²) < 4.78 is 0. The van der Waals surface area contributed by atoms with Crippen LogP contribution in [0.5, 0.6) is 5.75 Å². The van der Waals surface area contributed by atoms with Crippen LogP contribution in [0, 0.1) is 13.8 Å². The third-order valence-corrected chi connectivity index (χ3v) is 1.58. The summed E-state index contributed by atoms with van der Waals surface area (Å²) in [6.45, 7) is 3.89. The Morgan fingerprint density at radius 3 is 2.20 bits per heavy atom. The molecule has 1 radical (unpaired) electrons. The number of aryl methyl sites for hydroxylation is 1. The first-order valence-electron chi connectivity index (χ1n) is 2.97. The molecule has 0 bridgehead atoms. The van der Waals surface area contributed by atoms with Gasteiger partial charge >= 0.3 is 0 Å². The van der Waals surface area contributed by atoms with Gasteiger partial charge in [-0.05, 0) is 31.0 Å². The van der Waals surface area contributed by atoms with Gasteiger partial charge < -0.3 is 5.11 Å². The number of aromatic hydroxyl groups is 1. The van der Waals surface area contributed by atoms with E-state index >= 15 is 0 Å². The van der Waals surface area contributed by atoms with Crippen LogP contribution in [-0.4, -0.2) is 34.7 Å². The van der Waals surface area contributed by atoms with E-state index in [0.717, 1.165) is 11.1 Å². The van der Waals surface area contributed by atoms with Crippen molar-refractivity contribution >= 4 is 29.6 Å². The first-order chi connectivity index (χ1) is 4.22. The summed E-state index contributed by atoms with van der Waals surface area (Å²) in [5.41, 5.74) is 2.10. The predicted molar refractivity (Wildman–Crippen MR) is 43.3 cm³/mol. The smallest absolute Gasteiger partial charge is 0.118 e. The van der Waals surface area contributed by atoms with Crippen LogP contribution in [0.4, 0.5) is 0 Å². The Hall–Kier alpha value is 0.0200. The zero-order chi connectivity index (χ0) is 6.85. The Balaban J connectivity index is 0.000000810. The molecule has 0 atom stereocenters. The summed E-state index contributed by atoms with van der Waals surface area (Å²) in [5.74, 6) is 0.384. The van der Waals surface area contributed by atoms with E-state index in [9.17, 15) is 0 Å². The summed E-state index contributed by atoms with van der Waals surface area (Å²) in [7, 11) is 0. The van der Waals surface area contributed by atoms with Crippen molar-refractivity contribution in [2.24, 2.45) is 0 Å². The van der Waals surface area contributed by atoms with E-state index in [0.29, 0.717) is 5.75 Å². The van der Waals surface area contributed by atoms with Crippen LogP contribution >= 0.6 is 0 Å². The summed E-state index contributed by atoms with van der Waals surface area (Å²) in [6, 6.07) is 5.52. The van der Waals surface area contributed by atoms with E-state index in [2.05, 4.69) is 0 Å². The zero-order valence-electron chi connectivity index (χ0n) is 6.68. The number of phenols is 1. The van der Waals surface area contributed by atoms with Gasteiger partial charge in [0.1, 0.15) is 5.75 Å². The van der Waals surface area contributed by atoms with Crippen molar-refractivity contribution in [3.63, 3.8) is 0 Å². The molecule has 49 valence electrons. The van der Waals surface area contributed by atoms with Gasteiger partial charge in [-0.1, -0.05) is 12.1 Å². The summed E-state index contributed by atoms with van der Waals surface area (Å²) in [4.78, 5) is 0. The summed E-state index contributed by atoms with van der Waals surface area (Å²) >= 11 is 0. The molecule has 2 heteroatoms. The monoisotopic (exact) mass is 145 g/mol. The fraction of sp³-hybridized carbons (Fsp3) is 0.250. The molecule has 1 aromatic carbocycles. The molecule has 1 N–H and O–H groups in total. The van der Waals surface area contributed by atoms with Gasteiger partial charge in [0.05, 0.1) is 0 Å². The van der Waals surface area contributed by atoms with Gasteiger partial charge in [0, 0.05) is 29.6 Å². The first-order valence-corrected chi connectivity index (χ1v) is 2.97. The van der Waals surface area contributed by atoms with E-state index < -0.39 is 0 Å². The van der Waals surface area contributed by atoms with Crippen molar-refractivity contribution in [3.8, 4) is 5.75 Å². The van der Waals surface area contributed by atoms with E-state index in [-0.39, 0.29) is 29.6 Å². The average molecular weight is 145 g/mol. The van der Waals surface area contributed by atoms with Crippen molar-refractivity contribution in [1.29, 1.82) is 0 Å². The van der Waals surface area contributed by atoms with Gasteiger partial charge in [-0.3, -0.25) is 0 Å². The molecule has 0 unspecified atom stereocenters. The Morgan fingerprint density at radius 1 is 1.20 bits per heavy atom. The Kier molecular flexibility index (Phi) is 4.02. The fourth-order valence-electron chi connectivity index (χ4n) is 0.736. The normalized spacial score (nSPS) is 8.60. The topological polar surface area (TPSA) is 20.2 Å². The van der Waals surface area contributed by atoms with Crippen molar-refractivity contribution in [3.05, 3.63) is 29.3 Å². The molecule has 0 amide bonds. The van der Waals surface area contributed by atoms with Gasteiger partial charge in [-0.15, -0.1) is 0 Å². The van der Waals surface area contributed by atoms with Crippen molar-refractivity contribution in [2.75, 3.05) is 0 Å². The number of benzene rings is 1. The maximum absolute atomic E-state index is 9.10. The van der Waals surface area contributed by atoms with Gasteiger partial charge in [0.2, 0.25) is 0 Å². The van der Waals surface area contributed by atoms with Crippen molar-refractivity contribution < 1.29 is 5.11 Å². The third-order valence-electron chi connectivity index (χ3n) is 1.58. The molecule has 0 aliphatic heterocycles. The van der Waals surface area contributed by atoms with Crippen molar-refractivity contribution in [2.45, 2.75) is 13.8 Å². The molecule has 0 heterocycles. The number of phenolic OH excluding ortho intramolecular Hbond substituents is 1. The first kappa shape index (κ1) is 10.0. The van der Waals surface area contributed by atoms with E-state index in [1.165, 1.54) is 0 Å². The molecule has 10 heavy (non-hydrogen) atoms. The molecular weight excluding hydrogens is 135 g/mol. The SMILES string of the molecule is Cc1cccc(O)c1C.[Na]. The maximum Gasteiger partial charge on any atom is 0.118 e. The van der Waals surface area contributed by atoms with Crippen LogP contribution in [0.15, 0.2) is 18.2 Å². The minimum Gasteiger partial charge on any atom is -0.508 e. The molecule has 1 aromatic rings. The quantitative estimate of drug-likeness (QED) is 0.550. The Bertz CT molecular complexity index is 200. The number of hydrogen-bond acceptors (Lipinski definition) is 1. The van der Waals surface area contributed by atoms with Crippen LogP contribution in [0.3, 0.4) is 0 Å². The van der Waals surface area contributed by atoms with Gasteiger partial charge in [0.15, 0.2) is 0 Å². The molecule has 0 aliphatic rings. The van der Waals surface area contributed by atoms with E-state index in [4.69, 9.17) is 5.11 Å². The van der Waals surface area contributed by atoms with E-state index in [1.807, 2.05) is 26.0 Å². The summed E-state index contributed by atoms with van der Waals surface area (Å²) in [6.07, 6.45) is 0. The molecule has 0 aliphatic carbocycles. The standard InChI is InChI=1S/C8H10O.Na/c1-6-4-3-5-8(9)7(6)2;/h3-5,9H,1-2H3;. The maximum atomic E-state index is 9.10. The molecular formula is C8H10NaO. The second kappa shape index (κ2) is 4.02. The minimum absolute atomic E-state index is 0. The fourth-order valence-corrected chi connectivity index (χ4v) is 0.736. The van der Waals surface area contributed by atoms with Crippen molar-refractivity contribution in [1.82, 2.24) is 0 Å². The van der Waals surface area contributed by atoms with Crippen LogP contribution < -0.4 is 0 Å². The zero-order valence-corrected chi connectivity index (χ0v) is 8.68. The molecule has 0 fully saturated rings. The van der Waals surface area contributed by atoms with Crippen LogP contribution in [0.25, 0.3) is 0 Å². The minimum atomic E-state index is 0. The predicted octanol–water partition coefficient (Wildman–Crippen LogP) is 1.63. The molecule has 0 saturated heterocycles. The molecule has 0 aromatic heterocycles. The average Bonchev–Trinajstić information content (AvgIpc) is 1.83. The molecule has 0 spiro atoms. The van der Waals surface area contributed by atoms with Gasteiger partial charge in [-0.25, -0.2) is 0 Å². The molecule has 0 saturated carbocycles. The second-order valence-corrected chi connectivity index (χ2v) is 2.22. The van der Waals surface area contributed by atoms with Crippen LogP contribution in [-0.2, 0) is 0 Å². The number of rotatable bonds is 0. The Morgan fingerprint density at radius 2 is 1.80 bits per heavy atom. The van der Waals surface area contributed by atoms with Crippen LogP contribution in [0.1, 0.15) is 11.1 Å². The van der Waals surface area contributed by atoms with Gasteiger partial charge in [0.25, 0.3) is 0 Å².